The fourth-order valence-corrected chi connectivity index (χ4v) is 5.41. The predicted octanol–water partition coefficient (Wildman–Crippen LogP) is 5.54. The number of rotatable bonds is 14. The number of methoxy groups -OCH3 is 1. The average Bonchev–Trinajstić information content (AvgIpc) is 3.18. The third-order valence-corrected chi connectivity index (χ3v) is 7.62. The van der Waals surface area contributed by atoms with Gasteiger partial charge in [-0.15, -0.1) is 0 Å². The highest BCUT2D eigenvalue weighted by Crippen LogP contribution is 2.43. The zero-order chi connectivity index (χ0) is 25.3. The lowest BCUT2D eigenvalue weighted by atomic mass is 9.89. The first-order valence-electron chi connectivity index (χ1n) is 13.7. The standard InChI is InChI=1S/C30H42N4O2/c1-4-36-26-13-14-27-28(22-31)30(34(29(27)21-26)25-7-5-8-25)24-11-9-23(10-12-24)15-18-33(19-16-32-2)17-6-20-35-3/h9,11-14,21,23,25,32H,4-8,10,15-20H2,1-3H3. The number of ether oxygens (including phenoxy) is 2. The molecule has 1 aromatic carbocycles. The monoisotopic (exact) mass is 490 g/mol. The van der Waals surface area contributed by atoms with E-state index in [4.69, 9.17) is 9.47 Å². The molecule has 6 heteroatoms. The Bertz CT molecular complexity index is 1110. The van der Waals surface area contributed by atoms with Crippen LogP contribution in [-0.2, 0) is 4.74 Å². The van der Waals surface area contributed by atoms with Crippen molar-refractivity contribution in [2.45, 2.75) is 51.5 Å². The summed E-state index contributed by atoms with van der Waals surface area (Å²) in [7, 11) is 3.79. The van der Waals surface area contributed by atoms with Crippen LogP contribution in [0.1, 0.15) is 62.7 Å². The Labute approximate surface area is 216 Å². The minimum absolute atomic E-state index is 0.460. The number of benzene rings is 1. The highest BCUT2D eigenvalue weighted by Gasteiger charge is 2.29. The Balaban J connectivity index is 1.52. The van der Waals surface area contributed by atoms with Crippen LogP contribution in [0.5, 0.6) is 5.75 Å². The molecule has 1 unspecified atom stereocenters. The molecule has 6 nitrogen and oxygen atoms in total. The molecule has 0 radical (unpaired) electrons. The van der Waals surface area contributed by atoms with Crippen molar-refractivity contribution in [3.8, 4) is 11.8 Å². The summed E-state index contributed by atoms with van der Waals surface area (Å²) in [5.41, 5.74) is 4.21. The van der Waals surface area contributed by atoms with Gasteiger partial charge in [-0.05, 0) is 82.7 Å². The molecule has 2 aliphatic rings. The molecule has 2 aromatic rings. The van der Waals surface area contributed by atoms with Crippen LogP contribution < -0.4 is 10.1 Å². The molecule has 1 saturated carbocycles. The Hall–Kier alpha value is -2.59. The average molecular weight is 491 g/mol. The van der Waals surface area contributed by atoms with E-state index in [1.807, 2.05) is 20.0 Å². The predicted molar refractivity (Wildman–Crippen MR) is 147 cm³/mol. The van der Waals surface area contributed by atoms with E-state index in [1.165, 1.54) is 24.8 Å². The van der Waals surface area contributed by atoms with Crippen molar-refractivity contribution in [3.05, 3.63) is 47.7 Å². The number of allylic oxidation sites excluding steroid dienone is 4. The van der Waals surface area contributed by atoms with Crippen LogP contribution in [0.3, 0.4) is 0 Å². The summed E-state index contributed by atoms with van der Waals surface area (Å²) in [5, 5.41) is 14.5. The lowest BCUT2D eigenvalue weighted by Gasteiger charge is -2.31. The molecule has 36 heavy (non-hydrogen) atoms. The molecule has 0 amide bonds. The van der Waals surface area contributed by atoms with Gasteiger partial charge in [0.15, 0.2) is 0 Å². The zero-order valence-electron chi connectivity index (χ0n) is 22.3. The number of hydrogen-bond donors (Lipinski definition) is 1. The Morgan fingerprint density at radius 3 is 2.72 bits per heavy atom. The highest BCUT2D eigenvalue weighted by atomic mass is 16.5. The fraction of sp³-hybridized carbons (Fsp3) is 0.567. The summed E-state index contributed by atoms with van der Waals surface area (Å²) in [6.07, 6.45) is 13.8. The second-order valence-corrected chi connectivity index (χ2v) is 10.00. The SMILES string of the molecule is CCOc1ccc2c(C#N)c(C3=CCC(CCN(CCCOC)CCNC)C=C3)n(C3CCC3)c2c1. The van der Waals surface area contributed by atoms with Gasteiger partial charge in [-0.1, -0.05) is 18.2 Å². The molecule has 1 atom stereocenters. The first kappa shape index (κ1) is 26.5. The van der Waals surface area contributed by atoms with Crippen molar-refractivity contribution in [1.82, 2.24) is 14.8 Å². The molecule has 1 fully saturated rings. The van der Waals surface area contributed by atoms with E-state index in [0.29, 0.717) is 18.6 Å². The van der Waals surface area contributed by atoms with E-state index in [-0.39, 0.29) is 0 Å². The van der Waals surface area contributed by atoms with Crippen LogP contribution in [0, 0.1) is 17.2 Å². The van der Waals surface area contributed by atoms with Gasteiger partial charge in [-0.2, -0.15) is 5.26 Å². The number of hydrogen-bond acceptors (Lipinski definition) is 5. The first-order valence-corrected chi connectivity index (χ1v) is 13.7. The minimum atomic E-state index is 0.460. The minimum Gasteiger partial charge on any atom is -0.494 e. The van der Waals surface area contributed by atoms with E-state index in [2.05, 4.69) is 51.2 Å². The largest absolute Gasteiger partial charge is 0.494 e. The normalized spacial score (nSPS) is 17.9. The summed E-state index contributed by atoms with van der Waals surface area (Å²) in [4.78, 5) is 2.54. The molecule has 194 valence electrons. The van der Waals surface area contributed by atoms with Gasteiger partial charge in [0.25, 0.3) is 0 Å². The molecule has 0 spiro atoms. The van der Waals surface area contributed by atoms with Gasteiger partial charge in [-0.25, -0.2) is 0 Å². The van der Waals surface area contributed by atoms with Crippen LogP contribution in [0.25, 0.3) is 16.5 Å². The number of fused-ring (bicyclic) bond motifs is 1. The molecule has 0 aliphatic heterocycles. The molecular weight excluding hydrogens is 448 g/mol. The molecule has 0 bridgehead atoms. The maximum absolute atomic E-state index is 10.2. The maximum atomic E-state index is 10.2. The van der Waals surface area contributed by atoms with Crippen LogP contribution in [0.4, 0.5) is 0 Å². The molecule has 1 aromatic heterocycles. The number of nitrogens with zero attached hydrogens (tertiary/aromatic N) is 3. The van der Waals surface area contributed by atoms with E-state index < -0.39 is 0 Å². The quantitative estimate of drug-likeness (QED) is 0.352. The van der Waals surface area contributed by atoms with E-state index in [9.17, 15) is 5.26 Å². The Kier molecular flexibility index (Phi) is 9.63. The van der Waals surface area contributed by atoms with E-state index in [1.54, 1.807) is 7.11 Å². The van der Waals surface area contributed by atoms with Gasteiger partial charge >= 0.3 is 0 Å². The number of aromatic nitrogens is 1. The van der Waals surface area contributed by atoms with Crippen LogP contribution in [0.15, 0.2) is 36.4 Å². The Morgan fingerprint density at radius 2 is 2.08 bits per heavy atom. The van der Waals surface area contributed by atoms with Crippen LogP contribution in [-0.4, -0.2) is 63.0 Å². The third kappa shape index (κ3) is 6.03. The molecule has 1 heterocycles. The second kappa shape index (κ2) is 13.1. The van der Waals surface area contributed by atoms with E-state index in [0.717, 1.165) is 80.0 Å². The van der Waals surface area contributed by atoms with Gasteiger partial charge < -0.3 is 24.3 Å². The first-order chi connectivity index (χ1) is 17.7. The van der Waals surface area contributed by atoms with Gasteiger partial charge in [0, 0.05) is 50.8 Å². The van der Waals surface area contributed by atoms with Crippen molar-refractivity contribution in [2.24, 2.45) is 5.92 Å². The fourth-order valence-electron chi connectivity index (χ4n) is 5.41. The number of nitriles is 1. The van der Waals surface area contributed by atoms with Crippen molar-refractivity contribution in [1.29, 1.82) is 5.26 Å². The summed E-state index contributed by atoms with van der Waals surface area (Å²) in [6, 6.07) is 9.19. The van der Waals surface area contributed by atoms with Crippen molar-refractivity contribution in [3.63, 3.8) is 0 Å². The smallest absolute Gasteiger partial charge is 0.121 e. The van der Waals surface area contributed by atoms with Crippen molar-refractivity contribution < 1.29 is 9.47 Å². The molecule has 0 saturated heterocycles. The summed E-state index contributed by atoms with van der Waals surface area (Å²) in [5.74, 6) is 1.41. The van der Waals surface area contributed by atoms with Gasteiger partial charge in [0.2, 0.25) is 0 Å². The molecule has 4 rings (SSSR count). The lowest BCUT2D eigenvalue weighted by Crippen LogP contribution is -2.33. The summed E-state index contributed by atoms with van der Waals surface area (Å²) < 4.78 is 13.5. The van der Waals surface area contributed by atoms with Gasteiger partial charge in [0.05, 0.1) is 23.4 Å². The third-order valence-electron chi connectivity index (χ3n) is 7.62. The zero-order valence-corrected chi connectivity index (χ0v) is 22.3. The lowest BCUT2D eigenvalue weighted by molar-refractivity contribution is 0.170. The Morgan fingerprint density at radius 1 is 1.22 bits per heavy atom. The van der Waals surface area contributed by atoms with Crippen molar-refractivity contribution in [2.75, 3.05) is 53.6 Å². The van der Waals surface area contributed by atoms with Crippen LogP contribution in [0.2, 0.25) is 0 Å². The van der Waals surface area contributed by atoms with Crippen molar-refractivity contribution >= 4 is 16.5 Å². The molecule has 2 aliphatic carbocycles. The molecule has 1 N–H and O–H groups in total. The number of nitrogens with one attached hydrogen (secondary N) is 1. The maximum Gasteiger partial charge on any atom is 0.121 e. The summed E-state index contributed by atoms with van der Waals surface area (Å²) in [6.45, 7) is 7.70. The van der Waals surface area contributed by atoms with Gasteiger partial charge in [-0.3, -0.25) is 0 Å². The van der Waals surface area contributed by atoms with Gasteiger partial charge in [0.1, 0.15) is 11.8 Å². The summed E-state index contributed by atoms with van der Waals surface area (Å²) >= 11 is 0. The van der Waals surface area contributed by atoms with E-state index >= 15 is 0 Å². The topological polar surface area (TPSA) is 62.4 Å². The number of likely N-dealkylation sites (N-methyl/N-ethyl adjacent to an activating group) is 1. The highest BCUT2D eigenvalue weighted by molar-refractivity contribution is 5.95. The molecular formula is C30H42N4O2. The second-order valence-electron chi connectivity index (χ2n) is 10.00. The van der Waals surface area contributed by atoms with Crippen LogP contribution >= 0.6 is 0 Å².